The van der Waals surface area contributed by atoms with E-state index in [1.165, 1.54) is 7.11 Å². The van der Waals surface area contributed by atoms with Crippen molar-refractivity contribution in [2.75, 3.05) is 47.0 Å². The molecular weight excluding hydrogens is 485 g/mol. The Morgan fingerprint density at radius 1 is 1.24 bits per heavy atom. The van der Waals surface area contributed by atoms with Gasteiger partial charge in [-0.1, -0.05) is 19.1 Å². The zero-order valence-electron chi connectivity index (χ0n) is 17.8. The van der Waals surface area contributed by atoms with E-state index in [4.69, 9.17) is 19.2 Å². The number of rotatable bonds is 9. The lowest BCUT2D eigenvalue weighted by atomic mass is 9.99. The molecule has 0 aromatic heterocycles. The quantitative estimate of drug-likeness (QED) is 0.178. The molecule has 0 bridgehead atoms. The number of nitrogens with zero attached hydrogens (tertiary/aromatic N) is 2. The number of benzene rings is 1. The van der Waals surface area contributed by atoms with Gasteiger partial charge in [0.25, 0.3) is 0 Å². The summed E-state index contributed by atoms with van der Waals surface area (Å²) in [5, 5.41) is 3.32. The lowest BCUT2D eigenvalue weighted by Crippen LogP contribution is -2.40. The molecule has 0 radical (unpaired) electrons. The molecule has 1 aromatic rings. The molecule has 164 valence electrons. The second-order valence-corrected chi connectivity index (χ2v) is 7.00. The van der Waals surface area contributed by atoms with Crippen molar-refractivity contribution in [1.29, 1.82) is 0 Å². The number of nitrogens with one attached hydrogen (secondary N) is 1. The molecule has 1 aromatic carbocycles. The number of aliphatic imine (C=N–C) groups is 1. The van der Waals surface area contributed by atoms with Crippen molar-refractivity contribution in [2.45, 2.75) is 26.9 Å². The second-order valence-electron chi connectivity index (χ2n) is 7.00. The van der Waals surface area contributed by atoms with Crippen molar-refractivity contribution in [3.63, 3.8) is 0 Å². The van der Waals surface area contributed by atoms with E-state index in [-0.39, 0.29) is 41.8 Å². The van der Waals surface area contributed by atoms with Crippen LogP contribution in [0.2, 0.25) is 0 Å². The van der Waals surface area contributed by atoms with Gasteiger partial charge in [0, 0.05) is 32.8 Å². The third-order valence-corrected chi connectivity index (χ3v) is 4.89. The van der Waals surface area contributed by atoms with Crippen LogP contribution in [0.4, 0.5) is 0 Å². The van der Waals surface area contributed by atoms with Gasteiger partial charge in [-0.25, -0.2) is 0 Å². The first-order valence-electron chi connectivity index (χ1n) is 9.90. The predicted octanol–water partition coefficient (Wildman–Crippen LogP) is 2.93. The van der Waals surface area contributed by atoms with Crippen LogP contribution in [0, 0.1) is 11.8 Å². The molecule has 0 amide bonds. The van der Waals surface area contributed by atoms with E-state index in [2.05, 4.69) is 17.1 Å². The normalized spacial score (nSPS) is 18.9. The summed E-state index contributed by atoms with van der Waals surface area (Å²) in [6, 6.07) is 7.88. The molecule has 2 atom stereocenters. The number of hydrogen-bond acceptors (Lipinski definition) is 5. The second kappa shape index (κ2) is 13.6. The highest BCUT2D eigenvalue weighted by atomic mass is 127. The summed E-state index contributed by atoms with van der Waals surface area (Å²) in [5.74, 6) is 1.72. The molecule has 1 N–H and O–H groups in total. The molecule has 2 rings (SSSR count). The van der Waals surface area contributed by atoms with Crippen LogP contribution in [0.25, 0.3) is 0 Å². The van der Waals surface area contributed by atoms with Gasteiger partial charge in [0.15, 0.2) is 5.96 Å². The number of halogens is 1. The largest absolute Gasteiger partial charge is 0.497 e. The minimum absolute atomic E-state index is 0. The highest BCUT2D eigenvalue weighted by Crippen LogP contribution is 2.24. The zero-order valence-corrected chi connectivity index (χ0v) is 20.2. The van der Waals surface area contributed by atoms with Gasteiger partial charge in [-0.2, -0.15) is 0 Å². The molecule has 0 spiro atoms. The number of hydrogen-bond donors (Lipinski definition) is 1. The van der Waals surface area contributed by atoms with E-state index in [9.17, 15) is 4.79 Å². The molecule has 1 aliphatic heterocycles. The highest BCUT2D eigenvalue weighted by Gasteiger charge is 2.36. The van der Waals surface area contributed by atoms with Crippen LogP contribution in [0.1, 0.15) is 25.8 Å². The molecule has 1 aliphatic rings. The van der Waals surface area contributed by atoms with Crippen molar-refractivity contribution in [3.05, 3.63) is 29.8 Å². The standard InChI is InChI=1S/C21H33N3O4.HI/c1-5-22-21(24-13-16(2)19(14-24)20(25)27-4)23-11-6-12-28-15-17-7-9-18(26-3)10-8-17;/h7-10,16,19H,5-6,11-15H2,1-4H3,(H,22,23);1H. The highest BCUT2D eigenvalue weighted by molar-refractivity contribution is 14.0. The number of esters is 1. The Morgan fingerprint density at radius 2 is 1.97 bits per heavy atom. The number of carbonyl (C=O) groups excluding carboxylic acids is 1. The summed E-state index contributed by atoms with van der Waals surface area (Å²) in [5.41, 5.74) is 1.12. The number of ether oxygens (including phenoxy) is 3. The maximum atomic E-state index is 11.9. The van der Waals surface area contributed by atoms with Crippen molar-refractivity contribution >= 4 is 35.9 Å². The lowest BCUT2D eigenvalue weighted by molar-refractivity contribution is -0.145. The number of guanidine groups is 1. The first-order valence-corrected chi connectivity index (χ1v) is 9.90. The van der Waals surface area contributed by atoms with Crippen molar-refractivity contribution < 1.29 is 19.0 Å². The minimum Gasteiger partial charge on any atom is -0.497 e. The van der Waals surface area contributed by atoms with Gasteiger partial charge in [-0.15, -0.1) is 24.0 Å². The van der Waals surface area contributed by atoms with Crippen molar-refractivity contribution in [1.82, 2.24) is 10.2 Å². The Balaban J connectivity index is 0.00000420. The predicted molar refractivity (Wildman–Crippen MR) is 125 cm³/mol. The Hall–Kier alpha value is -1.55. The Morgan fingerprint density at radius 3 is 2.59 bits per heavy atom. The molecule has 1 heterocycles. The van der Waals surface area contributed by atoms with Crippen LogP contribution in [-0.4, -0.2) is 63.8 Å². The molecule has 1 saturated heterocycles. The molecule has 0 saturated carbocycles. The molecule has 1 fully saturated rings. The van der Waals surface area contributed by atoms with Gasteiger partial charge in [-0.3, -0.25) is 9.79 Å². The number of carbonyl (C=O) groups is 1. The summed E-state index contributed by atoms with van der Waals surface area (Å²) in [7, 11) is 3.11. The summed E-state index contributed by atoms with van der Waals surface area (Å²) < 4.78 is 15.8. The fraction of sp³-hybridized carbons (Fsp3) is 0.619. The number of likely N-dealkylation sites (tertiary alicyclic amines) is 1. The summed E-state index contributed by atoms with van der Waals surface area (Å²) in [6.45, 7) is 8.28. The molecule has 8 heteroatoms. The summed E-state index contributed by atoms with van der Waals surface area (Å²) in [4.78, 5) is 18.7. The van der Waals surface area contributed by atoms with Gasteiger partial charge in [0.1, 0.15) is 5.75 Å². The van der Waals surface area contributed by atoms with E-state index >= 15 is 0 Å². The lowest BCUT2D eigenvalue weighted by Gasteiger charge is -2.21. The summed E-state index contributed by atoms with van der Waals surface area (Å²) >= 11 is 0. The van der Waals surface area contributed by atoms with Gasteiger partial charge in [0.05, 0.1) is 26.7 Å². The smallest absolute Gasteiger partial charge is 0.310 e. The van der Waals surface area contributed by atoms with E-state index in [0.717, 1.165) is 36.8 Å². The minimum atomic E-state index is -0.141. The van der Waals surface area contributed by atoms with Crippen LogP contribution >= 0.6 is 24.0 Å². The number of methoxy groups -OCH3 is 2. The maximum absolute atomic E-state index is 11.9. The van der Waals surface area contributed by atoms with Crippen LogP contribution in [0.3, 0.4) is 0 Å². The van der Waals surface area contributed by atoms with Crippen LogP contribution < -0.4 is 10.1 Å². The van der Waals surface area contributed by atoms with Crippen molar-refractivity contribution in [3.8, 4) is 5.75 Å². The molecule has 29 heavy (non-hydrogen) atoms. The van der Waals surface area contributed by atoms with E-state index in [1.54, 1.807) is 7.11 Å². The monoisotopic (exact) mass is 519 g/mol. The summed E-state index contributed by atoms with van der Waals surface area (Å²) in [6.07, 6.45) is 0.842. The molecule has 2 unspecified atom stereocenters. The Kier molecular flexibility index (Phi) is 12.0. The van der Waals surface area contributed by atoms with Gasteiger partial charge in [0.2, 0.25) is 0 Å². The van der Waals surface area contributed by atoms with Crippen LogP contribution in [-0.2, 0) is 20.9 Å². The third kappa shape index (κ3) is 8.00. The van der Waals surface area contributed by atoms with E-state index < -0.39 is 0 Å². The fourth-order valence-corrected chi connectivity index (χ4v) is 3.29. The van der Waals surface area contributed by atoms with Crippen molar-refractivity contribution in [2.24, 2.45) is 16.8 Å². The van der Waals surface area contributed by atoms with Crippen LogP contribution in [0.5, 0.6) is 5.75 Å². The maximum Gasteiger partial charge on any atom is 0.310 e. The third-order valence-electron chi connectivity index (χ3n) is 4.89. The SMILES string of the molecule is CCNC(=NCCCOCc1ccc(OC)cc1)N1CC(C)C(C(=O)OC)C1.I. The fourth-order valence-electron chi connectivity index (χ4n) is 3.29. The van der Waals surface area contributed by atoms with Crippen LogP contribution in [0.15, 0.2) is 29.3 Å². The molecule has 0 aliphatic carbocycles. The Bertz CT molecular complexity index is 639. The Labute approximate surface area is 191 Å². The first kappa shape index (κ1) is 25.5. The van der Waals surface area contributed by atoms with Gasteiger partial charge < -0.3 is 24.4 Å². The average Bonchev–Trinajstić information content (AvgIpc) is 3.11. The van der Waals surface area contributed by atoms with E-state index in [0.29, 0.717) is 26.3 Å². The first-order chi connectivity index (χ1) is 13.6. The van der Waals surface area contributed by atoms with Gasteiger partial charge in [-0.05, 0) is 37.0 Å². The van der Waals surface area contributed by atoms with Gasteiger partial charge >= 0.3 is 5.97 Å². The molecule has 7 nitrogen and oxygen atoms in total. The molecular formula is C21H34IN3O4. The topological polar surface area (TPSA) is 72.4 Å². The average molecular weight is 519 g/mol. The van der Waals surface area contributed by atoms with E-state index in [1.807, 2.05) is 31.2 Å². The zero-order chi connectivity index (χ0) is 20.4.